The highest BCUT2D eigenvalue weighted by atomic mass is 19.4. The Labute approximate surface area is 313 Å². The largest absolute Gasteiger partial charge is 0.416 e. The molecule has 3 aromatic carbocycles. The molecule has 296 valence electrons. The Morgan fingerprint density at radius 1 is 0.855 bits per heavy atom. The molecule has 0 spiro atoms. The number of benzene rings is 3. The number of hydrazone groups is 1. The lowest BCUT2D eigenvalue weighted by molar-refractivity contribution is -0.143. The van der Waals surface area contributed by atoms with Gasteiger partial charge in [-0.25, -0.2) is 24.7 Å². The molecule has 55 heavy (non-hydrogen) atoms. The molecule has 1 aliphatic heterocycles. The minimum absolute atomic E-state index is 0.0487. The zero-order valence-corrected chi connectivity index (χ0v) is 30.2. The highest BCUT2D eigenvalue weighted by Crippen LogP contribution is 2.41. The van der Waals surface area contributed by atoms with Crippen molar-refractivity contribution in [2.75, 3.05) is 25.1 Å². The summed E-state index contributed by atoms with van der Waals surface area (Å²) in [7, 11) is 1.34. The van der Waals surface area contributed by atoms with Gasteiger partial charge in [-0.1, -0.05) is 30.3 Å². The lowest BCUT2D eigenvalue weighted by atomic mass is 9.78. The maximum absolute atomic E-state index is 14.5. The van der Waals surface area contributed by atoms with Crippen molar-refractivity contribution >= 4 is 22.7 Å². The topological polar surface area (TPSA) is 96.2 Å². The summed E-state index contributed by atoms with van der Waals surface area (Å²) in [5, 5.41) is 5.09. The third kappa shape index (κ3) is 9.95. The molecule has 4 aromatic rings. The van der Waals surface area contributed by atoms with E-state index in [0.717, 1.165) is 61.3 Å². The SMILES string of the molecule is CN(N)/N=C(\N)N(Cc1cc(C(F)(F)F)cc(C(F)(F)F)c1)Cc1cc2cc(F)c(F)cc2nc1N1CCC[C@@H]1C1CCC(COCc2ccccc2)CC1. The molecule has 6 rings (SSSR count). The van der Waals surface area contributed by atoms with Crippen LogP contribution in [0.25, 0.3) is 10.9 Å². The quantitative estimate of drug-likeness (QED) is 0.0518. The summed E-state index contributed by atoms with van der Waals surface area (Å²) in [5.74, 6) is 4.36. The standard InChI is InChI=1S/C39H43F8N7O/c1-52(49)51-37(48)53(20-26-14-30(38(42,43)44)18-31(15-26)39(45,46)47)21-29-16-28-17-32(40)33(41)19-34(28)50-36(29)54-13-5-8-35(54)27-11-9-25(10-12-27)23-55-22-24-6-3-2-4-7-24/h2-4,6-7,14-19,25,27,35H,5,8-13,20-23,49H2,1H3,(H2,48,51)/t25?,27?,35-/m1/s1. The predicted octanol–water partition coefficient (Wildman–Crippen LogP) is 8.58. The van der Waals surface area contributed by atoms with Gasteiger partial charge in [0.15, 0.2) is 11.6 Å². The molecule has 1 atom stereocenters. The Hall–Kier alpha value is -4.70. The minimum Gasteiger partial charge on any atom is -0.376 e. The fourth-order valence-electron chi connectivity index (χ4n) is 7.75. The van der Waals surface area contributed by atoms with Crippen LogP contribution in [-0.4, -0.2) is 47.2 Å². The number of guanidine groups is 1. The molecule has 16 heteroatoms. The van der Waals surface area contributed by atoms with Crippen molar-refractivity contribution in [3.63, 3.8) is 0 Å². The summed E-state index contributed by atoms with van der Waals surface area (Å²) < 4.78 is 118. The molecule has 0 amide bonds. The van der Waals surface area contributed by atoms with Crippen LogP contribution in [0.3, 0.4) is 0 Å². The van der Waals surface area contributed by atoms with Crippen LogP contribution in [0.15, 0.2) is 71.8 Å². The van der Waals surface area contributed by atoms with Crippen molar-refractivity contribution in [1.82, 2.24) is 15.0 Å². The number of nitrogens with two attached hydrogens (primary N) is 2. The molecular formula is C39H43F8N7O. The number of hydrogen-bond acceptors (Lipinski definition) is 6. The second-order valence-corrected chi connectivity index (χ2v) is 14.4. The van der Waals surface area contributed by atoms with Crippen LogP contribution >= 0.6 is 0 Å². The Morgan fingerprint density at radius 3 is 2.15 bits per heavy atom. The van der Waals surface area contributed by atoms with Crippen molar-refractivity contribution in [2.24, 2.45) is 28.5 Å². The molecule has 2 aliphatic rings. The number of rotatable bonds is 11. The van der Waals surface area contributed by atoms with Crippen LogP contribution in [0.5, 0.6) is 0 Å². The van der Waals surface area contributed by atoms with Gasteiger partial charge in [0.05, 0.1) is 23.3 Å². The molecule has 4 N–H and O–H groups in total. The van der Waals surface area contributed by atoms with Crippen LogP contribution in [0.1, 0.15) is 66.3 Å². The number of fused-ring (bicyclic) bond motifs is 1. The summed E-state index contributed by atoms with van der Waals surface area (Å²) >= 11 is 0. The smallest absolute Gasteiger partial charge is 0.376 e. The maximum Gasteiger partial charge on any atom is 0.416 e. The van der Waals surface area contributed by atoms with Crippen molar-refractivity contribution in [2.45, 2.75) is 76.6 Å². The molecule has 1 saturated heterocycles. The van der Waals surface area contributed by atoms with Crippen molar-refractivity contribution < 1.29 is 39.9 Å². The van der Waals surface area contributed by atoms with Gasteiger partial charge in [0.25, 0.3) is 0 Å². The molecular weight excluding hydrogens is 734 g/mol. The molecule has 1 aromatic heterocycles. The normalized spacial score (nSPS) is 19.6. The minimum atomic E-state index is -5.06. The molecule has 2 fully saturated rings. The van der Waals surface area contributed by atoms with Gasteiger partial charge in [-0.2, -0.15) is 26.3 Å². The summed E-state index contributed by atoms with van der Waals surface area (Å²) in [6, 6.07) is 14.9. The zero-order chi connectivity index (χ0) is 39.5. The van der Waals surface area contributed by atoms with Gasteiger partial charge in [-0.15, -0.1) is 5.10 Å². The second-order valence-electron chi connectivity index (χ2n) is 14.4. The lowest BCUT2D eigenvalue weighted by Crippen LogP contribution is -2.41. The number of aromatic nitrogens is 1. The molecule has 8 nitrogen and oxygen atoms in total. The summed E-state index contributed by atoms with van der Waals surface area (Å²) in [6.07, 6.45) is -4.63. The molecule has 0 unspecified atom stereocenters. The molecule has 0 radical (unpaired) electrons. The zero-order valence-electron chi connectivity index (χ0n) is 30.2. The first-order valence-electron chi connectivity index (χ1n) is 18.1. The van der Waals surface area contributed by atoms with E-state index >= 15 is 0 Å². The number of nitrogens with zero attached hydrogens (tertiary/aromatic N) is 5. The molecule has 2 heterocycles. The number of halogens is 8. The molecule has 1 aliphatic carbocycles. The highest BCUT2D eigenvalue weighted by molar-refractivity contribution is 5.83. The fourth-order valence-corrected chi connectivity index (χ4v) is 7.75. The number of hydrogen-bond donors (Lipinski definition) is 2. The molecule has 1 saturated carbocycles. The Morgan fingerprint density at radius 2 is 1.51 bits per heavy atom. The van der Waals surface area contributed by atoms with Crippen LogP contribution < -0.4 is 16.5 Å². The first-order valence-corrected chi connectivity index (χ1v) is 18.1. The number of alkyl halides is 6. The van der Waals surface area contributed by atoms with Gasteiger partial charge in [-0.3, -0.25) is 0 Å². The number of pyridine rings is 1. The van der Waals surface area contributed by atoms with E-state index in [2.05, 4.69) is 10.0 Å². The first-order chi connectivity index (χ1) is 26.0. The first kappa shape index (κ1) is 40.0. The van der Waals surface area contributed by atoms with Gasteiger partial charge < -0.3 is 20.3 Å². The van der Waals surface area contributed by atoms with Crippen LogP contribution in [-0.2, 0) is 36.8 Å². The number of anilines is 1. The van der Waals surface area contributed by atoms with E-state index in [4.69, 9.17) is 21.3 Å². The molecule has 0 bridgehead atoms. The summed E-state index contributed by atoms with van der Waals surface area (Å²) in [4.78, 5) is 8.23. The van der Waals surface area contributed by atoms with E-state index in [0.29, 0.717) is 55.1 Å². The monoisotopic (exact) mass is 777 g/mol. The fraction of sp³-hybridized carbons (Fsp3) is 0.436. The average molecular weight is 778 g/mol. The maximum atomic E-state index is 14.5. The average Bonchev–Trinajstić information content (AvgIpc) is 3.61. The van der Waals surface area contributed by atoms with E-state index in [1.165, 1.54) is 11.9 Å². The van der Waals surface area contributed by atoms with Crippen LogP contribution in [0.4, 0.5) is 40.9 Å². The van der Waals surface area contributed by atoms with E-state index in [1.807, 2.05) is 30.3 Å². The van der Waals surface area contributed by atoms with Gasteiger partial charge >= 0.3 is 12.4 Å². The van der Waals surface area contributed by atoms with Gasteiger partial charge in [0.1, 0.15) is 5.82 Å². The number of ether oxygens (including phenoxy) is 1. The third-order valence-corrected chi connectivity index (χ3v) is 10.4. The number of hydrazine groups is 1. The lowest BCUT2D eigenvalue weighted by Gasteiger charge is -2.38. The van der Waals surface area contributed by atoms with Gasteiger partial charge in [0.2, 0.25) is 5.96 Å². The Bertz CT molecular complexity index is 1930. The van der Waals surface area contributed by atoms with E-state index in [-0.39, 0.29) is 41.1 Å². The Kier molecular flexibility index (Phi) is 12.0. The highest BCUT2D eigenvalue weighted by Gasteiger charge is 2.38. The third-order valence-electron chi connectivity index (χ3n) is 10.4. The van der Waals surface area contributed by atoms with E-state index < -0.39 is 41.7 Å². The van der Waals surface area contributed by atoms with Crippen molar-refractivity contribution in [3.8, 4) is 0 Å². The summed E-state index contributed by atoms with van der Waals surface area (Å²) in [6.45, 7) is 1.04. The van der Waals surface area contributed by atoms with E-state index in [9.17, 15) is 35.1 Å². The Balaban J connectivity index is 1.30. The van der Waals surface area contributed by atoms with Crippen LogP contribution in [0, 0.1) is 23.5 Å². The van der Waals surface area contributed by atoms with Crippen molar-refractivity contribution in [1.29, 1.82) is 0 Å². The van der Waals surface area contributed by atoms with Gasteiger partial charge in [-0.05, 0) is 91.8 Å². The predicted molar refractivity (Wildman–Crippen MR) is 193 cm³/mol. The van der Waals surface area contributed by atoms with Gasteiger partial charge in [0, 0.05) is 56.3 Å². The summed E-state index contributed by atoms with van der Waals surface area (Å²) in [5.41, 5.74) is 4.74. The van der Waals surface area contributed by atoms with E-state index in [1.54, 1.807) is 6.07 Å². The second kappa shape index (κ2) is 16.6. The van der Waals surface area contributed by atoms with Crippen molar-refractivity contribution in [3.05, 3.63) is 106 Å². The van der Waals surface area contributed by atoms with Crippen LogP contribution in [0.2, 0.25) is 0 Å².